The van der Waals surface area contributed by atoms with Gasteiger partial charge in [-0.2, -0.15) is 0 Å². The van der Waals surface area contributed by atoms with Crippen LogP contribution in [0.5, 0.6) is 11.6 Å². The first-order chi connectivity index (χ1) is 13.7. The van der Waals surface area contributed by atoms with Gasteiger partial charge in [-0.05, 0) is 37.1 Å². The molecule has 2 aromatic heterocycles. The third-order valence-corrected chi connectivity index (χ3v) is 4.66. The molecular formula is C21H19FN4O2. The molecule has 3 heterocycles. The fourth-order valence-corrected chi connectivity index (χ4v) is 3.31. The Kier molecular flexibility index (Phi) is 5.23. The Morgan fingerprint density at radius 2 is 2.11 bits per heavy atom. The predicted octanol–water partition coefficient (Wildman–Crippen LogP) is 3.82. The second kappa shape index (κ2) is 8.12. The first kappa shape index (κ1) is 18.0. The molecule has 1 atom stereocenters. The summed E-state index contributed by atoms with van der Waals surface area (Å²) >= 11 is 0. The monoisotopic (exact) mass is 378 g/mol. The zero-order chi connectivity index (χ0) is 19.3. The molecule has 0 saturated carbocycles. The molecule has 1 amide bonds. The highest BCUT2D eigenvalue weighted by atomic mass is 19.1. The van der Waals surface area contributed by atoms with E-state index in [1.54, 1.807) is 47.6 Å². The maximum Gasteiger partial charge on any atom is 0.272 e. The minimum absolute atomic E-state index is 0.0602. The van der Waals surface area contributed by atoms with E-state index in [-0.39, 0.29) is 17.6 Å². The van der Waals surface area contributed by atoms with E-state index < -0.39 is 0 Å². The number of carbonyl (C=O) groups is 1. The molecule has 0 spiro atoms. The number of benzene rings is 1. The second-order valence-corrected chi connectivity index (χ2v) is 6.65. The fraction of sp³-hybridized carbons (Fsp3) is 0.238. The lowest BCUT2D eigenvalue weighted by Crippen LogP contribution is -2.39. The minimum Gasteiger partial charge on any atom is -0.437 e. The van der Waals surface area contributed by atoms with Crippen LogP contribution in [0.3, 0.4) is 0 Å². The maximum atomic E-state index is 13.3. The van der Waals surface area contributed by atoms with Crippen LogP contribution < -0.4 is 4.74 Å². The Bertz CT molecular complexity index is 967. The largest absolute Gasteiger partial charge is 0.437 e. The van der Waals surface area contributed by atoms with Crippen molar-refractivity contribution in [2.75, 3.05) is 13.1 Å². The van der Waals surface area contributed by atoms with Crippen molar-refractivity contribution in [3.8, 4) is 11.6 Å². The van der Waals surface area contributed by atoms with Gasteiger partial charge >= 0.3 is 0 Å². The number of carbonyl (C=O) groups excluding carboxylic acids is 1. The summed E-state index contributed by atoms with van der Waals surface area (Å²) in [6.07, 6.45) is 6.59. The summed E-state index contributed by atoms with van der Waals surface area (Å²) in [4.78, 5) is 27.4. The molecule has 1 aliphatic rings. The second-order valence-electron chi connectivity index (χ2n) is 6.65. The zero-order valence-electron chi connectivity index (χ0n) is 15.2. The SMILES string of the molecule is O=C(c1ccccn1)N1CCCC(c2cncc(Oc3cccc(F)c3)n2)C1. The quantitative estimate of drug-likeness (QED) is 0.690. The lowest BCUT2D eigenvalue weighted by Gasteiger charge is -2.32. The third-order valence-electron chi connectivity index (χ3n) is 4.66. The van der Waals surface area contributed by atoms with Crippen LogP contribution in [0.15, 0.2) is 61.1 Å². The van der Waals surface area contributed by atoms with Crippen LogP contribution in [0.1, 0.15) is 34.9 Å². The van der Waals surface area contributed by atoms with Crippen molar-refractivity contribution >= 4 is 5.91 Å². The maximum absolute atomic E-state index is 13.3. The average Bonchev–Trinajstić information content (AvgIpc) is 2.74. The van der Waals surface area contributed by atoms with Gasteiger partial charge in [-0.15, -0.1) is 0 Å². The van der Waals surface area contributed by atoms with Crippen LogP contribution in [0.4, 0.5) is 4.39 Å². The van der Waals surface area contributed by atoms with Crippen molar-refractivity contribution in [3.05, 3.63) is 78.3 Å². The first-order valence-corrected chi connectivity index (χ1v) is 9.15. The number of hydrogen-bond donors (Lipinski definition) is 0. The van der Waals surface area contributed by atoms with E-state index in [0.29, 0.717) is 30.4 Å². The molecule has 28 heavy (non-hydrogen) atoms. The standard InChI is InChI=1S/C21H19FN4O2/c22-16-6-3-7-17(11-16)28-20-13-23-12-19(25-20)15-5-4-10-26(14-15)21(27)18-8-1-2-9-24-18/h1-3,6-9,11-13,15H,4-5,10,14H2. The van der Waals surface area contributed by atoms with Crippen LogP contribution >= 0.6 is 0 Å². The van der Waals surface area contributed by atoms with Crippen LogP contribution in [-0.4, -0.2) is 38.8 Å². The summed E-state index contributed by atoms with van der Waals surface area (Å²) < 4.78 is 19.0. The molecule has 1 unspecified atom stereocenters. The first-order valence-electron chi connectivity index (χ1n) is 9.15. The highest BCUT2D eigenvalue weighted by Gasteiger charge is 2.27. The molecule has 0 N–H and O–H groups in total. The number of piperidine rings is 1. The number of rotatable bonds is 4. The molecule has 0 bridgehead atoms. The normalized spacial score (nSPS) is 16.6. The van der Waals surface area contributed by atoms with Gasteiger partial charge in [0.05, 0.1) is 11.9 Å². The summed E-state index contributed by atoms with van der Waals surface area (Å²) in [5, 5.41) is 0. The Morgan fingerprint density at radius 1 is 1.18 bits per heavy atom. The number of ether oxygens (including phenoxy) is 1. The van der Waals surface area contributed by atoms with E-state index in [2.05, 4.69) is 15.0 Å². The predicted molar refractivity (Wildman–Crippen MR) is 101 cm³/mol. The van der Waals surface area contributed by atoms with E-state index >= 15 is 0 Å². The lowest BCUT2D eigenvalue weighted by atomic mass is 9.95. The van der Waals surface area contributed by atoms with Crippen LogP contribution in [-0.2, 0) is 0 Å². The molecule has 1 saturated heterocycles. The highest BCUT2D eigenvalue weighted by molar-refractivity contribution is 5.92. The summed E-state index contributed by atoms with van der Waals surface area (Å²) in [5.41, 5.74) is 1.20. The number of aromatic nitrogens is 3. The molecular weight excluding hydrogens is 359 g/mol. The van der Waals surface area contributed by atoms with Crippen LogP contribution in [0.2, 0.25) is 0 Å². The van der Waals surface area contributed by atoms with Crippen LogP contribution in [0.25, 0.3) is 0 Å². The van der Waals surface area contributed by atoms with Crippen molar-refractivity contribution in [2.45, 2.75) is 18.8 Å². The molecule has 7 heteroatoms. The van der Waals surface area contributed by atoms with Gasteiger partial charge in [0.15, 0.2) is 0 Å². The zero-order valence-corrected chi connectivity index (χ0v) is 15.2. The van der Waals surface area contributed by atoms with Crippen molar-refractivity contribution in [1.29, 1.82) is 0 Å². The topological polar surface area (TPSA) is 68.2 Å². The van der Waals surface area contributed by atoms with E-state index in [4.69, 9.17) is 4.74 Å². The van der Waals surface area contributed by atoms with Crippen molar-refractivity contribution in [1.82, 2.24) is 19.9 Å². The van der Waals surface area contributed by atoms with Crippen LogP contribution in [0, 0.1) is 5.82 Å². The average molecular weight is 378 g/mol. The fourth-order valence-electron chi connectivity index (χ4n) is 3.31. The van der Waals surface area contributed by atoms with Crippen molar-refractivity contribution in [2.24, 2.45) is 0 Å². The molecule has 0 aliphatic carbocycles. The molecule has 1 aromatic carbocycles. The Morgan fingerprint density at radius 3 is 2.93 bits per heavy atom. The summed E-state index contributed by atoms with van der Waals surface area (Å²) in [7, 11) is 0. The van der Waals surface area contributed by atoms with Gasteiger partial charge in [-0.1, -0.05) is 12.1 Å². The molecule has 4 rings (SSSR count). The smallest absolute Gasteiger partial charge is 0.272 e. The summed E-state index contributed by atoms with van der Waals surface area (Å²) in [6, 6.07) is 11.2. The highest BCUT2D eigenvalue weighted by Crippen LogP contribution is 2.28. The summed E-state index contributed by atoms with van der Waals surface area (Å²) in [6.45, 7) is 1.24. The van der Waals surface area contributed by atoms with Gasteiger partial charge in [0.2, 0.25) is 5.88 Å². The number of amides is 1. The molecule has 1 fully saturated rings. The van der Waals surface area contributed by atoms with Gasteiger partial charge in [0.1, 0.15) is 17.3 Å². The number of halogens is 1. The van der Waals surface area contributed by atoms with Crippen molar-refractivity contribution < 1.29 is 13.9 Å². The lowest BCUT2D eigenvalue weighted by molar-refractivity contribution is 0.0699. The number of likely N-dealkylation sites (tertiary alicyclic amines) is 1. The van der Waals surface area contributed by atoms with Gasteiger partial charge in [0, 0.05) is 37.5 Å². The molecule has 6 nitrogen and oxygen atoms in total. The van der Waals surface area contributed by atoms with E-state index in [1.165, 1.54) is 18.3 Å². The van der Waals surface area contributed by atoms with E-state index in [9.17, 15) is 9.18 Å². The Balaban J connectivity index is 1.48. The van der Waals surface area contributed by atoms with Gasteiger partial charge < -0.3 is 9.64 Å². The van der Waals surface area contributed by atoms with Gasteiger partial charge in [-0.3, -0.25) is 14.8 Å². The molecule has 3 aromatic rings. The van der Waals surface area contributed by atoms with Gasteiger partial charge in [-0.25, -0.2) is 9.37 Å². The number of nitrogens with zero attached hydrogens (tertiary/aromatic N) is 4. The summed E-state index contributed by atoms with van der Waals surface area (Å²) in [5.74, 6) is 0.270. The molecule has 142 valence electrons. The van der Waals surface area contributed by atoms with E-state index in [0.717, 1.165) is 18.5 Å². The Labute approximate surface area is 162 Å². The third kappa shape index (κ3) is 4.14. The van der Waals surface area contributed by atoms with E-state index in [1.807, 2.05) is 0 Å². The molecule has 0 radical (unpaired) electrons. The Hall–Kier alpha value is -3.35. The van der Waals surface area contributed by atoms with Gasteiger partial charge in [0.25, 0.3) is 5.91 Å². The number of hydrogen-bond acceptors (Lipinski definition) is 5. The number of pyridine rings is 1. The van der Waals surface area contributed by atoms with Crippen molar-refractivity contribution in [3.63, 3.8) is 0 Å². The minimum atomic E-state index is -0.377. The molecule has 1 aliphatic heterocycles.